The molecule has 9 nitrogen and oxygen atoms in total. The maximum atomic E-state index is 15.0. The highest BCUT2D eigenvalue weighted by molar-refractivity contribution is 5.54. The second kappa shape index (κ2) is 28.7. The molecule has 0 bridgehead atoms. The zero-order valence-corrected chi connectivity index (χ0v) is 50.2. The predicted molar refractivity (Wildman–Crippen MR) is 316 cm³/mol. The van der Waals surface area contributed by atoms with Crippen LogP contribution < -0.4 is 17.1 Å². The van der Waals surface area contributed by atoms with E-state index < -0.39 is 17.1 Å². The maximum absolute atomic E-state index is 15.0. The van der Waals surface area contributed by atoms with Crippen molar-refractivity contribution >= 4 is 0 Å². The first-order valence-corrected chi connectivity index (χ1v) is 29.8. The molecule has 0 radical (unpaired) electrons. The number of phenolic OH excluding ortho intramolecular Hbond substituents is 3. The van der Waals surface area contributed by atoms with Crippen molar-refractivity contribution in [2.75, 3.05) is 0 Å². The van der Waals surface area contributed by atoms with Gasteiger partial charge in [-0.3, -0.25) is 0 Å². The molecule has 75 heavy (non-hydrogen) atoms. The smallest absolute Gasteiger partial charge is 0.336 e. The summed E-state index contributed by atoms with van der Waals surface area (Å²) in [4.78, 5) is 45.0. The fourth-order valence-electron chi connectivity index (χ4n) is 11.9. The Bertz CT molecular complexity index is 2360. The van der Waals surface area contributed by atoms with Gasteiger partial charge in [0.05, 0.1) is 19.6 Å². The number of nitrogens with zero attached hydrogens (tertiary/aromatic N) is 3. The van der Waals surface area contributed by atoms with Gasteiger partial charge in [-0.2, -0.15) is 0 Å². The van der Waals surface area contributed by atoms with Gasteiger partial charge in [0.1, 0.15) is 17.2 Å². The Balaban J connectivity index is 1.82. The third-order valence-electron chi connectivity index (χ3n) is 17.4. The summed E-state index contributed by atoms with van der Waals surface area (Å²) in [5.41, 5.74) is 5.64. The summed E-state index contributed by atoms with van der Waals surface area (Å²) < 4.78 is 3.40. The largest absolute Gasteiger partial charge is 0.507 e. The molecule has 3 N–H and O–H groups in total. The molecule has 0 saturated heterocycles. The summed E-state index contributed by atoms with van der Waals surface area (Å²) in [5, 5.41) is 35.9. The molecule has 0 atom stereocenters. The Kier molecular flexibility index (Phi) is 24.1. The zero-order chi connectivity index (χ0) is 55.8. The van der Waals surface area contributed by atoms with Crippen LogP contribution in [0.15, 0.2) is 32.6 Å². The molecule has 0 amide bonds. The lowest BCUT2D eigenvalue weighted by atomic mass is 9.77. The van der Waals surface area contributed by atoms with Crippen LogP contribution in [-0.4, -0.2) is 29.0 Å². The third kappa shape index (κ3) is 16.3. The van der Waals surface area contributed by atoms with Crippen molar-refractivity contribution in [1.29, 1.82) is 0 Å². The normalized spacial score (nSPS) is 12.4. The van der Waals surface area contributed by atoms with Crippen LogP contribution in [-0.2, 0) is 35.9 Å². The number of unbranched alkanes of at least 4 members (excludes halogenated alkanes) is 18. The molecule has 0 saturated carbocycles. The van der Waals surface area contributed by atoms with Gasteiger partial charge in [0.2, 0.25) is 0 Å². The van der Waals surface area contributed by atoms with E-state index in [4.69, 9.17) is 0 Å². The molecule has 1 heterocycles. The number of hydrogen-bond donors (Lipinski definition) is 3. The fourth-order valence-corrected chi connectivity index (χ4v) is 11.9. The third-order valence-corrected chi connectivity index (χ3v) is 17.4. The van der Waals surface area contributed by atoms with Crippen molar-refractivity contribution in [1.82, 2.24) is 13.7 Å². The standard InChI is InChI=1S/C66H105N3O6/c1-16-19-22-25-28-31-34-37-64(10,11)55-40-46(4)52(49(7)58(55)70)43-67-61(73)68(44-53-47(5)41-56(59(71)50(53)8)65(12,13)38-35-32-29-26-23-20-17-2)63(75)69(62(67)74)45-54-48(6)42-57(60(72)51(54)9)66(14,15)39-36-33-30-27-24-21-18-3/h40-42,70-72H,16-39,43-45H2,1-15H3. The average molecular weight is 1040 g/mol. The van der Waals surface area contributed by atoms with Gasteiger partial charge in [-0.15, -0.1) is 0 Å². The summed E-state index contributed by atoms with van der Waals surface area (Å²) in [6, 6.07) is 6.03. The van der Waals surface area contributed by atoms with Crippen molar-refractivity contribution in [2.24, 2.45) is 0 Å². The highest BCUT2D eigenvalue weighted by Crippen LogP contribution is 2.43. The van der Waals surface area contributed by atoms with Gasteiger partial charge in [-0.05, 0) is 127 Å². The number of aromatic nitrogens is 3. The van der Waals surface area contributed by atoms with Crippen LogP contribution in [0.2, 0.25) is 0 Å². The van der Waals surface area contributed by atoms with E-state index in [9.17, 15) is 15.3 Å². The van der Waals surface area contributed by atoms with Gasteiger partial charge < -0.3 is 15.3 Å². The molecule has 420 valence electrons. The number of rotatable bonds is 33. The molecule has 0 spiro atoms. The zero-order valence-electron chi connectivity index (χ0n) is 50.2. The summed E-state index contributed by atoms with van der Waals surface area (Å²) in [6.45, 7) is 30.7. The predicted octanol–water partition coefficient (Wildman–Crippen LogP) is 16.5. The highest BCUT2D eigenvalue weighted by Gasteiger charge is 2.31. The summed E-state index contributed by atoms with van der Waals surface area (Å²) in [5.74, 6) is 0.496. The second-order valence-electron chi connectivity index (χ2n) is 25.0. The quantitative estimate of drug-likeness (QED) is 0.0408. The first kappa shape index (κ1) is 63.0. The highest BCUT2D eigenvalue weighted by atomic mass is 16.3. The van der Waals surface area contributed by atoms with Crippen molar-refractivity contribution < 1.29 is 15.3 Å². The van der Waals surface area contributed by atoms with Crippen LogP contribution in [0.5, 0.6) is 17.2 Å². The number of aromatic hydroxyl groups is 3. The van der Waals surface area contributed by atoms with E-state index in [2.05, 4.69) is 62.3 Å². The van der Waals surface area contributed by atoms with Crippen molar-refractivity contribution in [3.8, 4) is 17.2 Å². The van der Waals surface area contributed by atoms with Gasteiger partial charge in [-0.1, -0.05) is 215 Å². The molecule has 1 aromatic heterocycles. The SMILES string of the molecule is CCCCCCCCCC(C)(C)c1cc(C)c(Cn2c(=O)n(Cc3c(C)cc(C(C)(C)CCCCCCCCC)c(O)c3C)c(=O)n(Cc3c(C)cc(C(C)(C)CCCCCCCCC)c(O)c3C)c2=O)c(C)c1O. The summed E-state index contributed by atoms with van der Waals surface area (Å²) in [7, 11) is 0. The summed E-state index contributed by atoms with van der Waals surface area (Å²) in [6.07, 6.45) is 28.1. The Morgan fingerprint density at radius 2 is 0.547 bits per heavy atom. The van der Waals surface area contributed by atoms with Crippen LogP contribution in [0.25, 0.3) is 0 Å². The van der Waals surface area contributed by atoms with E-state index in [1.54, 1.807) is 0 Å². The molecule has 4 rings (SSSR count). The van der Waals surface area contributed by atoms with Crippen LogP contribution in [0.1, 0.15) is 283 Å². The second-order valence-corrected chi connectivity index (χ2v) is 25.0. The average Bonchev–Trinajstić information content (AvgIpc) is 3.35. The van der Waals surface area contributed by atoms with Crippen LogP contribution in [0.4, 0.5) is 0 Å². The molecule has 0 aliphatic rings. The van der Waals surface area contributed by atoms with Crippen LogP contribution in [0.3, 0.4) is 0 Å². The van der Waals surface area contributed by atoms with Gasteiger partial charge in [-0.25, -0.2) is 28.1 Å². The molecule has 4 aromatic rings. The lowest BCUT2D eigenvalue weighted by molar-refractivity contribution is 0.401. The lowest BCUT2D eigenvalue weighted by Crippen LogP contribution is -2.55. The van der Waals surface area contributed by atoms with Crippen LogP contribution in [0, 0.1) is 41.5 Å². The van der Waals surface area contributed by atoms with Gasteiger partial charge in [0, 0.05) is 16.7 Å². The molecule has 0 aliphatic carbocycles. The van der Waals surface area contributed by atoms with Gasteiger partial charge in [0.25, 0.3) is 0 Å². The van der Waals surface area contributed by atoms with Gasteiger partial charge >= 0.3 is 17.1 Å². The topological polar surface area (TPSA) is 127 Å². The van der Waals surface area contributed by atoms with E-state index in [0.29, 0.717) is 33.4 Å². The van der Waals surface area contributed by atoms with E-state index in [0.717, 1.165) is 105 Å². The van der Waals surface area contributed by atoms with Gasteiger partial charge in [0.15, 0.2) is 0 Å². The fraction of sp³-hybridized carbons (Fsp3) is 0.682. The number of hydrogen-bond acceptors (Lipinski definition) is 6. The minimum atomic E-state index is -0.761. The first-order chi connectivity index (χ1) is 35.4. The monoisotopic (exact) mass is 1040 g/mol. The number of phenols is 3. The van der Waals surface area contributed by atoms with Crippen molar-refractivity contribution in [3.05, 3.63) is 116 Å². The molecular formula is C66H105N3O6. The van der Waals surface area contributed by atoms with E-state index in [1.807, 2.05) is 59.7 Å². The Morgan fingerprint density at radius 1 is 0.347 bits per heavy atom. The molecule has 3 aromatic carbocycles. The maximum Gasteiger partial charge on any atom is 0.336 e. The summed E-state index contributed by atoms with van der Waals surface area (Å²) >= 11 is 0. The number of benzene rings is 3. The Hall–Kier alpha value is -4.53. The van der Waals surface area contributed by atoms with E-state index in [-0.39, 0.29) is 53.1 Å². The number of aryl methyl sites for hydroxylation is 3. The van der Waals surface area contributed by atoms with Crippen molar-refractivity contribution in [2.45, 2.75) is 294 Å². The van der Waals surface area contributed by atoms with E-state index in [1.165, 1.54) is 96.3 Å². The van der Waals surface area contributed by atoms with Crippen LogP contribution >= 0.6 is 0 Å². The molecule has 0 unspecified atom stereocenters. The minimum absolute atomic E-state index is 0.161. The van der Waals surface area contributed by atoms with E-state index >= 15 is 14.4 Å². The Labute approximate surface area is 454 Å². The molecule has 9 heteroatoms. The first-order valence-electron chi connectivity index (χ1n) is 29.8. The molecular weight excluding hydrogens is 931 g/mol. The molecule has 0 fully saturated rings. The lowest BCUT2D eigenvalue weighted by Gasteiger charge is -2.29. The Morgan fingerprint density at radius 3 is 0.760 bits per heavy atom. The molecule has 0 aliphatic heterocycles. The van der Waals surface area contributed by atoms with Crippen molar-refractivity contribution in [3.63, 3.8) is 0 Å². The minimum Gasteiger partial charge on any atom is -0.507 e.